The summed E-state index contributed by atoms with van der Waals surface area (Å²) in [5.41, 5.74) is 0. The number of hydrogen-bond acceptors (Lipinski definition) is 0. The summed E-state index contributed by atoms with van der Waals surface area (Å²) < 4.78 is 0. The lowest BCUT2D eigenvalue weighted by atomic mass is 8.30. The van der Waals surface area contributed by atoms with Gasteiger partial charge < -0.3 is 7.74 Å². The maximum atomic E-state index is 6.63. The first-order valence-corrected chi connectivity index (χ1v) is 14.3. The molecular weight excluding hydrogens is 476 g/mol. The van der Waals surface area contributed by atoms with Gasteiger partial charge in [-0.3, -0.25) is 7.06 Å². The molecule has 0 aliphatic rings. The summed E-state index contributed by atoms with van der Waals surface area (Å²) in [6.45, 7) is 0. The summed E-state index contributed by atoms with van der Waals surface area (Å²) in [5, 5.41) is 0. The van der Waals surface area contributed by atoms with E-state index in [0.717, 1.165) is 0 Å². The minimum Gasteiger partial charge on any atom is -0.690 e. The molecule has 0 amide bonds. The van der Waals surface area contributed by atoms with E-state index in [4.69, 9.17) is 170 Å². The summed E-state index contributed by atoms with van der Waals surface area (Å²) in [6.07, 6.45) is -21.7. The second-order valence-corrected chi connectivity index (χ2v) is 11.9. The second kappa shape index (κ2) is 21.9. The fraction of sp³-hybridized carbons (Fsp3) is 0. The second-order valence-electron chi connectivity index (χ2n) is 11.9. The van der Waals surface area contributed by atoms with Crippen molar-refractivity contribution in [3.8, 4) is 0 Å². The van der Waals surface area contributed by atoms with Gasteiger partial charge in [-0.1, -0.05) is 0 Å². The lowest BCUT2D eigenvalue weighted by Gasteiger charge is -2.51. The van der Waals surface area contributed by atoms with Gasteiger partial charge in [0.1, 0.15) is 0 Å². The largest absolute Gasteiger partial charge is 0.690 e. The van der Waals surface area contributed by atoms with Crippen LogP contribution < -0.4 is 0 Å². The topological polar surface area (TPSA) is 0 Å². The summed E-state index contributed by atoms with van der Waals surface area (Å²) in [7, 11) is 140. The Morgan fingerprint density at radius 1 is 0.273 bits per heavy atom. The molecule has 0 fully saturated rings. The number of rotatable bonds is 21. The lowest BCUT2D eigenvalue weighted by Crippen LogP contribution is -2.89. The lowest BCUT2D eigenvalue weighted by molar-refractivity contribution is 3.25. The SMILES string of the molecule is [B]B([B])B(B([B])[B])B([B]B(B(B([B])[B][B-])B(B([B])[B])B([B])[B])B(B(B([B])[B])B([B])[B])B(B([B])[B])B([B])[B])B(B([B])[B])B([B])[B]. The van der Waals surface area contributed by atoms with E-state index in [0.29, 0.717) is 0 Å². The van der Waals surface area contributed by atoms with Gasteiger partial charge in [0.2, 0.25) is 0 Å². The third kappa shape index (κ3) is 13.2. The van der Waals surface area contributed by atoms with Crippen LogP contribution in [-0.2, 0) is 0 Å². The van der Waals surface area contributed by atoms with Crippen LogP contribution in [0.15, 0.2) is 0 Å². The van der Waals surface area contributed by atoms with Crippen LogP contribution in [0.5, 0.6) is 0 Å². The highest BCUT2D eigenvalue weighted by Gasteiger charge is 2.53. The van der Waals surface area contributed by atoms with E-state index < -0.39 is 128 Å². The van der Waals surface area contributed by atoms with Crippen molar-refractivity contribution in [2.24, 2.45) is 0 Å². The minimum atomic E-state index is -1.20. The highest BCUT2D eigenvalue weighted by molar-refractivity contribution is 8.29. The molecule has 0 aromatic carbocycles. The molecule has 44 heavy (non-hydrogen) atoms. The van der Waals surface area contributed by atoms with E-state index in [1.807, 2.05) is 0 Å². The molecule has 0 nitrogen and oxygen atoms in total. The summed E-state index contributed by atoms with van der Waals surface area (Å²) >= 11 is 0. The van der Waals surface area contributed by atoms with Gasteiger partial charge in [0, 0.05) is 0 Å². The average Bonchev–Trinajstić information content (AvgIpc) is 2.82. The zero-order valence-corrected chi connectivity index (χ0v) is 25.4. The quantitative estimate of drug-likeness (QED) is 0.145. The fourth-order valence-electron chi connectivity index (χ4n) is 6.80. The maximum absolute atomic E-state index is 6.63. The van der Waals surface area contributed by atoms with Crippen LogP contribution in [0.25, 0.3) is 0 Å². The van der Waals surface area contributed by atoms with Crippen molar-refractivity contribution in [1.82, 2.24) is 0 Å². The van der Waals surface area contributed by atoms with E-state index in [-0.39, 0.29) is 0 Å². The van der Waals surface area contributed by atoms with Crippen LogP contribution in [0.4, 0.5) is 0 Å². The molecule has 0 aliphatic carbocycles. The smallest absolute Gasteiger partial charge is 0.0000000000000000740 e. The molecule has 0 heterocycles. The molecule has 0 aromatic heterocycles. The molecule has 0 atom stereocenters. The highest BCUT2D eigenvalue weighted by atomic mass is 13.3. The first-order valence-electron chi connectivity index (χ1n) is 14.3. The van der Waals surface area contributed by atoms with E-state index in [1.165, 1.54) is 7.06 Å². The van der Waals surface area contributed by atoms with Crippen molar-refractivity contribution < 1.29 is 0 Å². The zero-order valence-electron chi connectivity index (χ0n) is 25.4. The van der Waals surface area contributed by atoms with Crippen molar-refractivity contribution >= 4 is 312 Å². The van der Waals surface area contributed by atoms with Gasteiger partial charge in [0.05, 0.1) is 0 Å². The Morgan fingerprint density at radius 3 is 0.682 bits per heavy atom. The molecule has 0 saturated heterocycles. The van der Waals surface area contributed by atoms with Gasteiger partial charge in [-0.15, -0.1) is 0 Å². The van der Waals surface area contributed by atoms with Crippen LogP contribution in [0.3, 0.4) is 0 Å². The molecule has 0 unspecified atom stereocenters. The Morgan fingerprint density at radius 2 is 0.477 bits per heavy atom. The van der Waals surface area contributed by atoms with Crippen molar-refractivity contribution in [1.29, 1.82) is 0 Å². The standard InChI is InChI=1S/B44/c1-23-35(22)43(40(29(10)11)30(12)13)37(44(41(31(14)15)32(16)17)42(33(18)19)34(20)21)24-36(38(25(2)3)26(4)5)39(27(6)7)28(8)9/q-1. The fourth-order valence-corrected chi connectivity index (χ4v) is 6.80. The molecule has 0 spiro atoms. The Balaban J connectivity index is 8.28. The van der Waals surface area contributed by atoms with Crippen molar-refractivity contribution in [2.45, 2.75) is 0 Å². The van der Waals surface area contributed by atoms with Crippen LogP contribution in [0.2, 0.25) is 0 Å². The van der Waals surface area contributed by atoms with Crippen LogP contribution in [-0.4, -0.2) is 312 Å². The Labute approximate surface area is 309 Å². The van der Waals surface area contributed by atoms with Crippen molar-refractivity contribution in [2.75, 3.05) is 0 Å². The van der Waals surface area contributed by atoms with Gasteiger partial charge in [0.15, 0.2) is 0 Å². The molecule has 0 saturated carbocycles. The maximum Gasteiger partial charge on any atom is -0.0000000000000000740 e. The molecular formula is B44-. The summed E-state index contributed by atoms with van der Waals surface area (Å²) in [6, 6.07) is 0. The Hall–Kier alpha value is 2.86. The normalized spacial score (nSPS) is 9.57. The van der Waals surface area contributed by atoms with Gasteiger partial charge in [-0.05, 0) is 297 Å². The van der Waals surface area contributed by atoms with E-state index >= 15 is 0 Å². The van der Waals surface area contributed by atoms with Gasteiger partial charge in [-0.2, -0.15) is 0 Å². The molecule has 0 aromatic rings. The third-order valence-corrected chi connectivity index (χ3v) is 8.67. The zero-order chi connectivity index (χ0) is 35.0. The van der Waals surface area contributed by atoms with Crippen molar-refractivity contribution in [3.63, 3.8) is 0 Å². The minimum absolute atomic E-state index is 0.962. The molecule has 0 N–H and O–H groups in total. The first kappa shape index (κ1) is 46.9. The van der Waals surface area contributed by atoms with E-state index in [9.17, 15) is 0 Å². The van der Waals surface area contributed by atoms with Gasteiger partial charge in [-0.25, -0.2) is 0 Å². The predicted octanol–water partition coefficient (Wildman–Crippen LogP) is -16.8. The Bertz CT molecular complexity index is 638. The van der Waals surface area contributed by atoms with E-state index in [1.54, 1.807) is 7.06 Å². The van der Waals surface area contributed by atoms with Gasteiger partial charge in [0.25, 0.3) is 0 Å². The molecule has 0 rings (SSSR count). The molecule has 0 bridgehead atoms. The number of hydrogen-bond donors (Lipinski definition) is 0. The van der Waals surface area contributed by atoms with Crippen LogP contribution in [0, 0.1) is 0 Å². The average molecular weight is 476 g/mol. The molecule has 44 heteroatoms. The predicted molar refractivity (Wildman–Crippen MR) is 253 cm³/mol. The Kier molecular flexibility index (Phi) is 23.4. The van der Waals surface area contributed by atoms with Gasteiger partial charge >= 0.3 is 0 Å². The highest BCUT2D eigenvalue weighted by Crippen LogP contribution is 2.15. The third-order valence-electron chi connectivity index (χ3n) is 8.67. The summed E-state index contributed by atoms with van der Waals surface area (Å²) in [5.74, 6) is 0. The van der Waals surface area contributed by atoms with Crippen LogP contribution in [0.1, 0.15) is 0 Å². The molecule has 133 valence electrons. The summed E-state index contributed by atoms with van der Waals surface area (Å²) in [4.78, 5) is 0. The monoisotopic (exact) mass is 484 g/mol. The van der Waals surface area contributed by atoms with Crippen LogP contribution >= 0.6 is 0 Å². The molecule has 47 radical (unpaired) electrons. The molecule has 0 aliphatic heterocycles. The first-order chi connectivity index (χ1) is 20.1. The van der Waals surface area contributed by atoms with E-state index in [2.05, 4.69) is 0 Å². The van der Waals surface area contributed by atoms with Crippen molar-refractivity contribution in [3.05, 3.63) is 0 Å².